The van der Waals surface area contributed by atoms with E-state index in [0.717, 1.165) is 38.5 Å². The Kier molecular flexibility index (Phi) is 16.3. The highest BCUT2D eigenvalue weighted by Crippen LogP contribution is 2.37. The van der Waals surface area contributed by atoms with Crippen molar-refractivity contribution in [1.82, 2.24) is 10.6 Å². The van der Waals surface area contributed by atoms with E-state index in [1.165, 1.54) is 0 Å². The number of carbonyl (C=O) groups excluding carboxylic acids is 4. The van der Waals surface area contributed by atoms with E-state index in [-0.39, 0.29) is 48.7 Å². The van der Waals surface area contributed by atoms with Crippen molar-refractivity contribution < 1.29 is 57.4 Å². The first-order valence-corrected chi connectivity index (χ1v) is 16.8. The Hall–Kier alpha value is -5.36. The number of nitrogens with zero attached hydrogens (tertiary/aromatic N) is 2. The van der Waals surface area contributed by atoms with Crippen LogP contribution in [-0.4, -0.2) is 84.7 Å². The van der Waals surface area contributed by atoms with E-state index in [2.05, 4.69) is 20.1 Å². The molecule has 0 saturated carbocycles. The summed E-state index contributed by atoms with van der Waals surface area (Å²) in [4.78, 5) is 71.3. The molecule has 0 saturated heterocycles. The third-order valence-corrected chi connectivity index (χ3v) is 7.37. The van der Waals surface area contributed by atoms with E-state index in [1.807, 2.05) is 0 Å². The van der Waals surface area contributed by atoms with Crippen molar-refractivity contribution in [3.8, 4) is 11.5 Å². The van der Waals surface area contributed by atoms with Gasteiger partial charge in [0.2, 0.25) is 0 Å². The molecule has 18 nitrogen and oxygen atoms in total. The van der Waals surface area contributed by atoms with Gasteiger partial charge in [-0.05, 0) is 66.5 Å². The molecule has 0 fully saturated rings. The molecule has 0 bridgehead atoms. The van der Waals surface area contributed by atoms with Crippen molar-refractivity contribution in [2.24, 2.45) is 0 Å². The van der Waals surface area contributed by atoms with E-state index in [1.54, 1.807) is 53.7 Å². The van der Waals surface area contributed by atoms with Crippen LogP contribution < -0.4 is 20.1 Å². The SMILES string of the molecule is COC(=O)c1cc(OC[C@H](C/C=C/C[C@@H](COc2cc(C(=O)OC)cc([N+](=O)[O-])c2Cl)NC(=O)OC(C)(C)C)NC(=O)OC(C)(C)C)c(Cl)c([N+](=O)[O-])c1. The van der Waals surface area contributed by atoms with Crippen LogP contribution in [0.4, 0.5) is 21.0 Å². The zero-order valence-corrected chi connectivity index (χ0v) is 32.3. The predicted octanol–water partition coefficient (Wildman–Crippen LogP) is 6.96. The number of halogens is 2. The molecule has 296 valence electrons. The van der Waals surface area contributed by atoms with Gasteiger partial charge in [-0.15, -0.1) is 0 Å². The molecule has 0 radical (unpaired) electrons. The molecule has 0 unspecified atom stereocenters. The van der Waals surface area contributed by atoms with Crippen molar-refractivity contribution in [3.63, 3.8) is 0 Å². The van der Waals surface area contributed by atoms with Gasteiger partial charge in [0, 0.05) is 12.1 Å². The lowest BCUT2D eigenvalue weighted by atomic mass is 10.1. The zero-order valence-electron chi connectivity index (χ0n) is 30.8. The van der Waals surface area contributed by atoms with Gasteiger partial charge in [-0.25, -0.2) is 19.2 Å². The van der Waals surface area contributed by atoms with Gasteiger partial charge in [-0.2, -0.15) is 0 Å². The van der Waals surface area contributed by atoms with Gasteiger partial charge in [-0.3, -0.25) is 20.2 Å². The summed E-state index contributed by atoms with van der Waals surface area (Å²) in [7, 11) is 2.19. The van der Waals surface area contributed by atoms with Crippen molar-refractivity contribution >= 4 is 58.7 Å². The average Bonchev–Trinajstić information content (AvgIpc) is 3.05. The molecule has 2 N–H and O–H groups in total. The summed E-state index contributed by atoms with van der Waals surface area (Å²) >= 11 is 12.4. The van der Waals surface area contributed by atoms with Crippen molar-refractivity contribution in [2.75, 3.05) is 27.4 Å². The van der Waals surface area contributed by atoms with E-state index in [0.29, 0.717) is 0 Å². The van der Waals surface area contributed by atoms with Gasteiger partial charge >= 0.3 is 24.1 Å². The van der Waals surface area contributed by atoms with Crippen LogP contribution in [0.1, 0.15) is 75.1 Å². The molecule has 2 aromatic carbocycles. The molecule has 2 aromatic rings. The number of nitro benzene ring substituents is 2. The predicted molar refractivity (Wildman–Crippen MR) is 195 cm³/mol. The Labute approximate surface area is 320 Å². The summed E-state index contributed by atoms with van der Waals surface area (Å²) < 4.78 is 31.6. The molecule has 0 aliphatic carbocycles. The Morgan fingerprint density at radius 3 is 1.30 bits per heavy atom. The third kappa shape index (κ3) is 14.6. The third-order valence-electron chi connectivity index (χ3n) is 6.61. The molecule has 0 aliphatic rings. The number of benzene rings is 2. The fourth-order valence-electron chi connectivity index (χ4n) is 4.30. The molecule has 0 aliphatic heterocycles. The molecule has 0 heterocycles. The van der Waals surface area contributed by atoms with Gasteiger partial charge in [0.05, 0.1) is 47.3 Å². The number of alkyl carbamates (subject to hydrolysis) is 2. The van der Waals surface area contributed by atoms with Crippen molar-refractivity contribution in [1.29, 1.82) is 0 Å². The summed E-state index contributed by atoms with van der Waals surface area (Å²) in [5.41, 5.74) is -3.32. The molecule has 2 amide bonds. The summed E-state index contributed by atoms with van der Waals surface area (Å²) in [6, 6.07) is 2.55. The van der Waals surface area contributed by atoms with Gasteiger partial charge in [0.1, 0.15) is 35.9 Å². The van der Waals surface area contributed by atoms with Crippen LogP contribution in [0.5, 0.6) is 11.5 Å². The normalized spacial score (nSPS) is 12.6. The smallest absolute Gasteiger partial charge is 0.408 e. The van der Waals surface area contributed by atoms with Crippen LogP contribution in [0.25, 0.3) is 0 Å². The van der Waals surface area contributed by atoms with E-state index < -0.39 is 78.7 Å². The molecular weight excluding hydrogens is 759 g/mol. The maximum absolute atomic E-state index is 12.7. The van der Waals surface area contributed by atoms with Crippen LogP contribution in [-0.2, 0) is 18.9 Å². The van der Waals surface area contributed by atoms with Crippen molar-refractivity contribution in [2.45, 2.75) is 77.7 Å². The number of carbonyl (C=O) groups is 4. The summed E-state index contributed by atoms with van der Waals surface area (Å²) in [6.45, 7) is 9.35. The van der Waals surface area contributed by atoms with Crippen LogP contribution in [0.3, 0.4) is 0 Å². The Morgan fingerprint density at radius 1 is 0.685 bits per heavy atom. The molecule has 0 aromatic heterocycles. The first-order valence-electron chi connectivity index (χ1n) is 16.1. The van der Waals surface area contributed by atoms with Crippen LogP contribution in [0.15, 0.2) is 36.4 Å². The highest BCUT2D eigenvalue weighted by Gasteiger charge is 2.26. The minimum Gasteiger partial charge on any atom is -0.490 e. The lowest BCUT2D eigenvalue weighted by Gasteiger charge is -2.24. The molecule has 54 heavy (non-hydrogen) atoms. The number of rotatable bonds is 16. The summed E-state index contributed by atoms with van der Waals surface area (Å²) in [6.07, 6.45) is 1.80. The molecule has 0 spiro atoms. The second-order valence-electron chi connectivity index (χ2n) is 13.4. The largest absolute Gasteiger partial charge is 0.490 e. The Balaban J connectivity index is 2.36. The van der Waals surface area contributed by atoms with Crippen molar-refractivity contribution in [3.05, 3.63) is 77.8 Å². The maximum Gasteiger partial charge on any atom is 0.408 e. The van der Waals surface area contributed by atoms with Gasteiger partial charge < -0.3 is 39.1 Å². The minimum atomic E-state index is -0.874. The highest BCUT2D eigenvalue weighted by atomic mass is 35.5. The van der Waals surface area contributed by atoms with E-state index in [9.17, 15) is 39.4 Å². The second kappa shape index (κ2) is 19.6. The highest BCUT2D eigenvalue weighted by molar-refractivity contribution is 6.34. The number of nitro groups is 2. The number of hydrogen-bond acceptors (Lipinski definition) is 14. The second-order valence-corrected chi connectivity index (χ2v) is 14.1. The Bertz CT molecular complexity index is 1630. The van der Waals surface area contributed by atoms with Gasteiger partial charge in [0.25, 0.3) is 11.4 Å². The minimum absolute atomic E-state index is 0.0782. The molecule has 2 atom stereocenters. The summed E-state index contributed by atoms with van der Waals surface area (Å²) in [5.74, 6) is -2.19. The van der Waals surface area contributed by atoms with Gasteiger partial charge in [-0.1, -0.05) is 35.4 Å². The number of esters is 2. The lowest BCUT2D eigenvalue weighted by Crippen LogP contribution is -2.42. The number of hydrogen-bond donors (Lipinski definition) is 2. The quantitative estimate of drug-likeness (QED) is 0.0574. The monoisotopic (exact) mass is 800 g/mol. The standard InChI is InChI=1S/C34H42Cl2N4O14/c1-33(2,3)53-31(43)37-21(17-51-25-15-19(29(41)49-7)13-23(27(25)35)39(45)46)11-9-10-12-22(38-32(44)54-34(4,5)6)18-52-26-16-20(30(42)50-8)14-24(28(26)36)40(47)48/h9-10,13-16,21-22H,11-12,17-18H2,1-8H3,(H,37,43)(H,38,44)/b10-9+/t21-,22-/m0/s1. The molecule has 20 heteroatoms. The lowest BCUT2D eigenvalue weighted by molar-refractivity contribution is -0.384. The molecule has 2 rings (SSSR count). The fourth-order valence-corrected chi connectivity index (χ4v) is 4.77. The van der Waals surface area contributed by atoms with E-state index in [4.69, 9.17) is 42.1 Å². The van der Waals surface area contributed by atoms with E-state index >= 15 is 0 Å². The fraction of sp³-hybridized carbons (Fsp3) is 0.471. The topological polar surface area (TPSA) is 234 Å². The number of amides is 2. The average molecular weight is 802 g/mol. The number of ether oxygens (including phenoxy) is 6. The number of nitrogens with one attached hydrogen (secondary N) is 2. The maximum atomic E-state index is 12.7. The van der Waals surface area contributed by atoms with Crippen LogP contribution >= 0.6 is 23.2 Å². The van der Waals surface area contributed by atoms with Crippen LogP contribution in [0.2, 0.25) is 10.0 Å². The number of methoxy groups -OCH3 is 2. The van der Waals surface area contributed by atoms with Crippen LogP contribution in [0, 0.1) is 20.2 Å². The zero-order chi connectivity index (χ0) is 41.0. The first-order chi connectivity index (χ1) is 25.0. The van der Waals surface area contributed by atoms with Gasteiger partial charge in [0.15, 0.2) is 10.0 Å². The summed E-state index contributed by atoms with van der Waals surface area (Å²) in [5, 5.41) is 27.7. The molecular formula is C34H42Cl2N4O14. The Morgan fingerprint density at radius 2 is 1.02 bits per heavy atom. The first kappa shape index (κ1) is 44.8.